The summed E-state index contributed by atoms with van der Waals surface area (Å²) in [6.07, 6.45) is 0. The van der Waals surface area contributed by atoms with E-state index < -0.39 is 17.5 Å². The first-order valence-corrected chi connectivity index (χ1v) is 6.35. The Morgan fingerprint density at radius 2 is 2.18 bits per heavy atom. The number of hydrogen-bond acceptors (Lipinski definition) is 4. The van der Waals surface area contributed by atoms with Crippen LogP contribution in [0.25, 0.3) is 0 Å². The van der Waals surface area contributed by atoms with E-state index in [1.807, 2.05) is 6.92 Å². The molecule has 0 aliphatic heterocycles. The van der Waals surface area contributed by atoms with E-state index in [0.29, 0.717) is 9.35 Å². The van der Waals surface area contributed by atoms with Crippen LogP contribution in [-0.2, 0) is 4.79 Å². The van der Waals surface area contributed by atoms with Crippen LogP contribution in [0.5, 0.6) is 0 Å². The minimum atomic E-state index is -1.97. The van der Waals surface area contributed by atoms with E-state index in [1.165, 1.54) is 11.3 Å². The third-order valence-electron chi connectivity index (χ3n) is 2.11. The zero-order chi connectivity index (χ0) is 13.2. The van der Waals surface area contributed by atoms with Gasteiger partial charge in [0.1, 0.15) is 0 Å². The molecule has 0 aliphatic rings. The molecule has 1 heterocycles. The lowest BCUT2D eigenvalue weighted by Crippen LogP contribution is -2.46. The molecule has 1 aromatic rings. The highest BCUT2D eigenvalue weighted by molar-refractivity contribution is 9.11. The third-order valence-corrected chi connectivity index (χ3v) is 3.86. The van der Waals surface area contributed by atoms with Crippen molar-refractivity contribution < 1.29 is 19.8 Å². The smallest absolute Gasteiger partial charge is 0.337 e. The van der Waals surface area contributed by atoms with Crippen molar-refractivity contribution in [3.63, 3.8) is 0 Å². The third kappa shape index (κ3) is 3.52. The normalized spacial score (nSPS) is 14.1. The quantitative estimate of drug-likeness (QED) is 0.782. The molecule has 7 heteroatoms. The molecule has 94 valence electrons. The fraction of sp³-hybridized carbons (Fsp3) is 0.400. The van der Waals surface area contributed by atoms with Gasteiger partial charge in [-0.15, -0.1) is 11.3 Å². The Balaban J connectivity index is 2.68. The zero-order valence-electron chi connectivity index (χ0n) is 9.28. The number of carboxylic acid groups (broad SMARTS) is 1. The Morgan fingerprint density at radius 1 is 1.59 bits per heavy atom. The van der Waals surface area contributed by atoms with Gasteiger partial charge in [-0.3, -0.25) is 4.79 Å². The fourth-order valence-electron chi connectivity index (χ4n) is 1.06. The Bertz CT molecular complexity index is 455. The van der Waals surface area contributed by atoms with Gasteiger partial charge in [-0.05, 0) is 35.8 Å². The topological polar surface area (TPSA) is 86.6 Å². The molecule has 0 fully saturated rings. The summed E-state index contributed by atoms with van der Waals surface area (Å²) in [6, 6.07) is 1.69. The highest BCUT2D eigenvalue weighted by atomic mass is 79.9. The van der Waals surface area contributed by atoms with Crippen LogP contribution in [0.15, 0.2) is 9.85 Å². The van der Waals surface area contributed by atoms with Crippen molar-refractivity contribution in [2.24, 2.45) is 0 Å². The number of thiophene rings is 1. The van der Waals surface area contributed by atoms with Crippen molar-refractivity contribution in [3.05, 3.63) is 20.3 Å². The molecule has 1 aromatic heterocycles. The SMILES string of the molecule is Cc1cc(C(=O)NCC(C)(O)C(=O)O)c(Br)s1. The molecule has 0 saturated carbocycles. The van der Waals surface area contributed by atoms with Crippen molar-refractivity contribution in [3.8, 4) is 0 Å². The van der Waals surface area contributed by atoms with Gasteiger partial charge in [0.15, 0.2) is 5.60 Å². The van der Waals surface area contributed by atoms with Crippen LogP contribution in [0, 0.1) is 6.92 Å². The number of carbonyl (C=O) groups is 2. The lowest BCUT2D eigenvalue weighted by Gasteiger charge is -2.18. The van der Waals surface area contributed by atoms with Crippen LogP contribution in [0.2, 0.25) is 0 Å². The van der Waals surface area contributed by atoms with Crippen LogP contribution in [-0.4, -0.2) is 34.2 Å². The second kappa shape index (κ2) is 5.16. The summed E-state index contributed by atoms with van der Waals surface area (Å²) < 4.78 is 0.683. The number of halogens is 1. The van der Waals surface area contributed by atoms with Crippen LogP contribution >= 0.6 is 27.3 Å². The summed E-state index contributed by atoms with van der Waals surface area (Å²) in [6.45, 7) is 2.64. The van der Waals surface area contributed by atoms with E-state index in [-0.39, 0.29) is 6.54 Å². The second-order valence-electron chi connectivity index (χ2n) is 3.81. The monoisotopic (exact) mass is 321 g/mol. The van der Waals surface area contributed by atoms with Crippen LogP contribution in [0.1, 0.15) is 22.2 Å². The van der Waals surface area contributed by atoms with Gasteiger partial charge in [0, 0.05) is 4.88 Å². The lowest BCUT2D eigenvalue weighted by atomic mass is 10.1. The summed E-state index contributed by atoms with van der Waals surface area (Å²) >= 11 is 4.66. The van der Waals surface area contributed by atoms with E-state index in [4.69, 9.17) is 5.11 Å². The number of aryl methyl sites for hydroxylation is 1. The van der Waals surface area contributed by atoms with Gasteiger partial charge in [-0.1, -0.05) is 0 Å². The molecule has 0 radical (unpaired) electrons. The number of hydrogen-bond donors (Lipinski definition) is 3. The molecule has 0 bridgehead atoms. The molecule has 1 atom stereocenters. The number of aliphatic hydroxyl groups is 1. The van der Waals surface area contributed by atoms with Gasteiger partial charge in [0.05, 0.1) is 15.9 Å². The maximum absolute atomic E-state index is 11.7. The Labute approximate surface area is 111 Å². The number of amides is 1. The van der Waals surface area contributed by atoms with Crippen molar-refractivity contribution in [2.75, 3.05) is 6.54 Å². The number of nitrogens with one attached hydrogen (secondary N) is 1. The van der Waals surface area contributed by atoms with Crippen LogP contribution in [0.4, 0.5) is 0 Å². The van der Waals surface area contributed by atoms with Crippen LogP contribution in [0.3, 0.4) is 0 Å². The van der Waals surface area contributed by atoms with Crippen LogP contribution < -0.4 is 5.32 Å². The van der Waals surface area contributed by atoms with Crippen molar-refractivity contribution in [1.29, 1.82) is 0 Å². The molecule has 17 heavy (non-hydrogen) atoms. The Kier molecular flexibility index (Phi) is 4.29. The Hall–Kier alpha value is -0.920. The average Bonchev–Trinajstić information content (AvgIpc) is 2.54. The molecule has 1 unspecified atom stereocenters. The van der Waals surface area contributed by atoms with Gasteiger partial charge in [-0.2, -0.15) is 0 Å². The molecular formula is C10H12BrNO4S. The van der Waals surface area contributed by atoms with Gasteiger partial charge in [0.2, 0.25) is 0 Å². The first kappa shape index (κ1) is 14.1. The highest BCUT2D eigenvalue weighted by Crippen LogP contribution is 2.27. The first-order chi connectivity index (χ1) is 7.74. The van der Waals surface area contributed by atoms with Crippen molar-refractivity contribution in [2.45, 2.75) is 19.4 Å². The van der Waals surface area contributed by atoms with Gasteiger partial charge >= 0.3 is 5.97 Å². The number of carbonyl (C=O) groups excluding carboxylic acids is 1. The first-order valence-electron chi connectivity index (χ1n) is 4.74. The predicted molar refractivity (Wildman–Crippen MR) is 67.3 cm³/mol. The molecule has 0 saturated heterocycles. The van der Waals surface area contributed by atoms with Gasteiger partial charge < -0.3 is 15.5 Å². The number of rotatable bonds is 4. The summed E-state index contributed by atoms with van der Waals surface area (Å²) in [5.74, 6) is -1.79. The molecule has 1 rings (SSSR count). The minimum absolute atomic E-state index is 0.345. The van der Waals surface area contributed by atoms with Crippen molar-refractivity contribution in [1.82, 2.24) is 5.32 Å². The summed E-state index contributed by atoms with van der Waals surface area (Å²) in [7, 11) is 0. The summed E-state index contributed by atoms with van der Waals surface area (Å²) in [4.78, 5) is 23.3. The molecule has 0 aliphatic carbocycles. The number of aliphatic carboxylic acids is 1. The summed E-state index contributed by atoms with van der Waals surface area (Å²) in [5.41, 5.74) is -1.53. The molecule has 1 amide bonds. The van der Waals surface area contributed by atoms with E-state index in [2.05, 4.69) is 21.2 Å². The fourth-order valence-corrected chi connectivity index (χ4v) is 2.85. The second-order valence-corrected chi connectivity index (χ2v) is 6.38. The van der Waals surface area contributed by atoms with E-state index in [1.54, 1.807) is 6.07 Å². The highest BCUT2D eigenvalue weighted by Gasteiger charge is 2.30. The van der Waals surface area contributed by atoms with Gasteiger partial charge in [0.25, 0.3) is 5.91 Å². The summed E-state index contributed by atoms with van der Waals surface area (Å²) in [5, 5.41) is 20.5. The molecule has 5 nitrogen and oxygen atoms in total. The maximum atomic E-state index is 11.7. The molecule has 0 spiro atoms. The van der Waals surface area contributed by atoms with Crippen molar-refractivity contribution >= 4 is 39.1 Å². The lowest BCUT2D eigenvalue weighted by molar-refractivity contribution is -0.155. The van der Waals surface area contributed by atoms with E-state index in [9.17, 15) is 14.7 Å². The standard InChI is InChI=1S/C10H12BrNO4S/c1-5-3-6(7(11)17-5)8(13)12-4-10(2,16)9(14)15/h3,16H,4H2,1-2H3,(H,12,13)(H,14,15). The average molecular weight is 322 g/mol. The van der Waals surface area contributed by atoms with E-state index in [0.717, 1.165) is 11.8 Å². The maximum Gasteiger partial charge on any atom is 0.337 e. The largest absolute Gasteiger partial charge is 0.479 e. The molecular weight excluding hydrogens is 310 g/mol. The molecule has 0 aromatic carbocycles. The zero-order valence-corrected chi connectivity index (χ0v) is 11.7. The molecule has 3 N–H and O–H groups in total. The minimum Gasteiger partial charge on any atom is -0.479 e. The Morgan fingerprint density at radius 3 is 2.59 bits per heavy atom. The van der Waals surface area contributed by atoms with Gasteiger partial charge in [-0.25, -0.2) is 4.79 Å². The predicted octanol–water partition coefficient (Wildman–Crippen LogP) is 1.38. The van der Waals surface area contributed by atoms with E-state index >= 15 is 0 Å². The number of carboxylic acids is 1.